The molecule has 20 heavy (non-hydrogen) atoms. The van der Waals surface area contributed by atoms with Crippen LogP contribution in [0.15, 0.2) is 30.6 Å². The molecule has 0 radical (unpaired) electrons. The van der Waals surface area contributed by atoms with Crippen LogP contribution in [-0.4, -0.2) is 23.0 Å². The number of nitriles is 1. The van der Waals surface area contributed by atoms with Crippen LogP contribution in [0.4, 0.5) is 4.39 Å². The summed E-state index contributed by atoms with van der Waals surface area (Å²) >= 11 is 0. The molecule has 1 aromatic carbocycles. The highest BCUT2D eigenvalue weighted by atomic mass is 19.1. The van der Waals surface area contributed by atoms with Crippen molar-refractivity contribution in [2.24, 2.45) is 0 Å². The molecule has 0 spiro atoms. The number of methoxy groups -OCH3 is 1. The van der Waals surface area contributed by atoms with E-state index >= 15 is 0 Å². The Labute approximate surface area is 113 Å². The van der Waals surface area contributed by atoms with Crippen molar-refractivity contribution < 1.29 is 18.7 Å². The van der Waals surface area contributed by atoms with E-state index in [1.807, 2.05) is 0 Å². The molecule has 0 saturated carbocycles. The largest absolute Gasteiger partial charge is 0.464 e. The van der Waals surface area contributed by atoms with E-state index in [0.717, 1.165) is 6.07 Å². The molecule has 0 atom stereocenters. The molecule has 1 heterocycles. The third kappa shape index (κ3) is 2.87. The van der Waals surface area contributed by atoms with Crippen LogP contribution in [0.3, 0.4) is 0 Å². The molecule has 2 rings (SSSR count). The number of nitrogens with zero attached hydrogens (tertiary/aromatic N) is 3. The van der Waals surface area contributed by atoms with Gasteiger partial charge in [-0.05, 0) is 18.2 Å². The molecule has 0 unspecified atom stereocenters. The predicted octanol–water partition coefficient (Wildman–Crippen LogP) is 2.07. The normalized spacial score (nSPS) is 9.65. The van der Waals surface area contributed by atoms with E-state index in [1.165, 1.54) is 31.6 Å². The van der Waals surface area contributed by atoms with Gasteiger partial charge in [0.15, 0.2) is 17.3 Å². The van der Waals surface area contributed by atoms with Gasteiger partial charge in [0, 0.05) is 0 Å². The lowest BCUT2D eigenvalue weighted by atomic mass is 10.2. The van der Waals surface area contributed by atoms with Crippen LogP contribution in [0.2, 0.25) is 0 Å². The van der Waals surface area contributed by atoms with E-state index in [1.54, 1.807) is 6.07 Å². The smallest absolute Gasteiger partial charge is 0.358 e. The molecule has 0 amide bonds. The molecule has 0 bridgehead atoms. The van der Waals surface area contributed by atoms with Gasteiger partial charge in [-0.3, -0.25) is 4.98 Å². The molecule has 1 aromatic heterocycles. The van der Waals surface area contributed by atoms with Crippen LogP contribution >= 0.6 is 0 Å². The van der Waals surface area contributed by atoms with Crippen LogP contribution in [0.5, 0.6) is 11.6 Å². The lowest BCUT2D eigenvalue weighted by Crippen LogP contribution is -2.05. The van der Waals surface area contributed by atoms with Gasteiger partial charge in [0.05, 0.1) is 31.1 Å². The monoisotopic (exact) mass is 273 g/mol. The Morgan fingerprint density at radius 1 is 1.40 bits per heavy atom. The minimum atomic E-state index is -0.714. The van der Waals surface area contributed by atoms with Crippen LogP contribution in [0, 0.1) is 17.1 Å². The first-order chi connectivity index (χ1) is 9.63. The van der Waals surface area contributed by atoms with Gasteiger partial charge in [-0.25, -0.2) is 14.2 Å². The van der Waals surface area contributed by atoms with Gasteiger partial charge >= 0.3 is 5.97 Å². The Bertz CT molecular complexity index is 698. The number of aromatic nitrogens is 2. The summed E-state index contributed by atoms with van der Waals surface area (Å²) in [6.07, 6.45) is 2.43. The lowest BCUT2D eigenvalue weighted by Gasteiger charge is -2.06. The number of carbonyl (C=O) groups excluding carboxylic acids is 1. The number of rotatable bonds is 3. The number of esters is 1. The Hall–Kier alpha value is -3.01. The maximum Gasteiger partial charge on any atom is 0.358 e. The summed E-state index contributed by atoms with van der Waals surface area (Å²) in [6, 6.07) is 5.53. The Morgan fingerprint density at radius 3 is 2.85 bits per heavy atom. The fourth-order valence-electron chi connectivity index (χ4n) is 1.37. The maximum absolute atomic E-state index is 13.6. The van der Waals surface area contributed by atoms with Crippen LogP contribution < -0.4 is 4.74 Å². The zero-order chi connectivity index (χ0) is 14.5. The molecule has 0 aliphatic carbocycles. The van der Waals surface area contributed by atoms with E-state index in [4.69, 9.17) is 10.00 Å². The first-order valence-corrected chi connectivity index (χ1v) is 5.42. The van der Waals surface area contributed by atoms with Gasteiger partial charge in [-0.15, -0.1) is 0 Å². The number of hydrogen-bond donors (Lipinski definition) is 0. The van der Waals surface area contributed by atoms with Gasteiger partial charge in [0.25, 0.3) is 0 Å². The number of hydrogen-bond acceptors (Lipinski definition) is 6. The van der Waals surface area contributed by atoms with Crippen LogP contribution in [0.1, 0.15) is 16.1 Å². The number of ether oxygens (including phenoxy) is 2. The fourth-order valence-corrected chi connectivity index (χ4v) is 1.37. The Morgan fingerprint density at radius 2 is 2.20 bits per heavy atom. The molecule has 6 nitrogen and oxygen atoms in total. The van der Waals surface area contributed by atoms with Crippen molar-refractivity contribution in [3.63, 3.8) is 0 Å². The summed E-state index contributed by atoms with van der Waals surface area (Å²) in [5.74, 6) is -1.57. The van der Waals surface area contributed by atoms with Crippen molar-refractivity contribution in [3.8, 4) is 17.7 Å². The second-order valence-corrected chi connectivity index (χ2v) is 3.59. The highest BCUT2D eigenvalue weighted by molar-refractivity contribution is 5.86. The number of carbonyl (C=O) groups is 1. The van der Waals surface area contributed by atoms with Gasteiger partial charge in [0.1, 0.15) is 0 Å². The van der Waals surface area contributed by atoms with Gasteiger partial charge in [0.2, 0.25) is 5.88 Å². The third-order valence-corrected chi connectivity index (χ3v) is 2.28. The fraction of sp³-hybridized carbons (Fsp3) is 0.0769. The van der Waals surface area contributed by atoms with Crippen molar-refractivity contribution in [3.05, 3.63) is 47.7 Å². The molecule has 0 saturated heterocycles. The predicted molar refractivity (Wildman–Crippen MR) is 64.6 cm³/mol. The summed E-state index contributed by atoms with van der Waals surface area (Å²) in [7, 11) is 1.21. The van der Waals surface area contributed by atoms with Crippen molar-refractivity contribution in [2.45, 2.75) is 0 Å². The quantitative estimate of drug-likeness (QED) is 0.796. The molecular formula is C13H8FN3O3. The summed E-state index contributed by atoms with van der Waals surface area (Å²) in [4.78, 5) is 18.9. The lowest BCUT2D eigenvalue weighted by molar-refractivity contribution is 0.0592. The average molecular weight is 273 g/mol. The van der Waals surface area contributed by atoms with Crippen LogP contribution in [-0.2, 0) is 4.74 Å². The van der Waals surface area contributed by atoms with Crippen molar-refractivity contribution >= 4 is 5.97 Å². The van der Waals surface area contributed by atoms with Gasteiger partial charge in [-0.1, -0.05) is 0 Å². The van der Waals surface area contributed by atoms with Gasteiger partial charge < -0.3 is 9.47 Å². The minimum absolute atomic E-state index is 0.0564. The Balaban J connectivity index is 2.26. The van der Waals surface area contributed by atoms with E-state index in [0.29, 0.717) is 0 Å². The average Bonchev–Trinajstić information content (AvgIpc) is 2.48. The SMILES string of the molecule is COC(=O)c1cncc(Oc2ccc(C#N)cc2F)n1. The molecule has 7 heteroatoms. The molecule has 0 N–H and O–H groups in total. The molecule has 2 aromatic rings. The highest BCUT2D eigenvalue weighted by Crippen LogP contribution is 2.23. The summed E-state index contributed by atoms with van der Waals surface area (Å²) < 4.78 is 23.3. The molecular weight excluding hydrogens is 265 g/mol. The van der Waals surface area contributed by atoms with E-state index in [-0.39, 0.29) is 22.9 Å². The highest BCUT2D eigenvalue weighted by Gasteiger charge is 2.11. The molecule has 0 aliphatic rings. The summed E-state index contributed by atoms with van der Waals surface area (Å²) in [5, 5.41) is 8.64. The minimum Gasteiger partial charge on any atom is -0.464 e. The number of halogens is 1. The molecule has 0 aliphatic heterocycles. The molecule has 100 valence electrons. The van der Waals surface area contributed by atoms with Crippen LogP contribution in [0.25, 0.3) is 0 Å². The zero-order valence-electron chi connectivity index (χ0n) is 10.3. The van der Waals surface area contributed by atoms with E-state index < -0.39 is 11.8 Å². The maximum atomic E-state index is 13.6. The number of benzene rings is 1. The van der Waals surface area contributed by atoms with Crippen molar-refractivity contribution in [1.82, 2.24) is 9.97 Å². The molecule has 0 fully saturated rings. The van der Waals surface area contributed by atoms with Crippen molar-refractivity contribution in [2.75, 3.05) is 7.11 Å². The second-order valence-electron chi connectivity index (χ2n) is 3.59. The topological polar surface area (TPSA) is 85.1 Å². The second kappa shape index (κ2) is 5.75. The Kier molecular flexibility index (Phi) is 3.86. The first-order valence-electron chi connectivity index (χ1n) is 5.42. The first kappa shape index (κ1) is 13.4. The van der Waals surface area contributed by atoms with E-state index in [2.05, 4.69) is 14.7 Å². The van der Waals surface area contributed by atoms with Gasteiger partial charge in [-0.2, -0.15) is 5.26 Å². The summed E-state index contributed by atoms with van der Waals surface area (Å²) in [6.45, 7) is 0. The zero-order valence-corrected chi connectivity index (χ0v) is 10.3. The summed E-state index contributed by atoms with van der Waals surface area (Å²) in [5.41, 5.74) is 0.114. The van der Waals surface area contributed by atoms with Crippen molar-refractivity contribution in [1.29, 1.82) is 5.26 Å². The standard InChI is InChI=1S/C13H8FN3O3/c1-19-13(18)10-6-16-7-12(17-10)20-11-3-2-8(5-15)4-9(11)14/h2-4,6-7H,1H3. The van der Waals surface area contributed by atoms with E-state index in [9.17, 15) is 9.18 Å². The third-order valence-electron chi connectivity index (χ3n) is 2.28.